The van der Waals surface area contributed by atoms with Gasteiger partial charge in [-0.15, -0.1) is 24.8 Å². The van der Waals surface area contributed by atoms with E-state index in [1.54, 1.807) is 0 Å². The molecule has 0 spiro atoms. The Kier molecular flexibility index (Phi) is 9.45. The summed E-state index contributed by atoms with van der Waals surface area (Å²) in [6, 6.07) is 15.3. The molecule has 0 bridgehead atoms. The summed E-state index contributed by atoms with van der Waals surface area (Å²) >= 11 is 0. The second-order valence-corrected chi connectivity index (χ2v) is 9.18. The van der Waals surface area contributed by atoms with E-state index in [-0.39, 0.29) is 30.7 Å². The van der Waals surface area contributed by atoms with E-state index < -0.39 is 5.60 Å². The van der Waals surface area contributed by atoms with Crippen LogP contribution in [0.15, 0.2) is 42.5 Å². The van der Waals surface area contributed by atoms with Crippen LogP contribution in [-0.2, 0) is 0 Å². The van der Waals surface area contributed by atoms with Crippen LogP contribution < -0.4 is 0 Å². The van der Waals surface area contributed by atoms with Crippen LogP contribution in [0.25, 0.3) is 10.8 Å². The van der Waals surface area contributed by atoms with E-state index >= 15 is 0 Å². The van der Waals surface area contributed by atoms with Crippen molar-refractivity contribution < 1.29 is 5.11 Å². The number of nitrogens with zero attached hydrogens (tertiary/aromatic N) is 2. The molecule has 30 heavy (non-hydrogen) atoms. The maximum absolute atomic E-state index is 11.9. The first-order valence-corrected chi connectivity index (χ1v) is 11.2. The predicted octanol–water partition coefficient (Wildman–Crippen LogP) is 5.35. The minimum Gasteiger partial charge on any atom is -0.389 e. The van der Waals surface area contributed by atoms with Gasteiger partial charge in [-0.25, -0.2) is 0 Å². The lowest BCUT2D eigenvalue weighted by Crippen LogP contribution is -2.50. The van der Waals surface area contributed by atoms with E-state index in [0.717, 1.165) is 64.3 Å². The topological polar surface area (TPSA) is 26.7 Å². The molecule has 1 atom stereocenters. The molecule has 0 aromatic heterocycles. The van der Waals surface area contributed by atoms with Crippen molar-refractivity contribution in [3.8, 4) is 0 Å². The van der Waals surface area contributed by atoms with Gasteiger partial charge < -0.3 is 14.9 Å². The molecule has 1 unspecified atom stereocenters. The lowest BCUT2D eigenvalue weighted by Gasteiger charge is -2.45. The van der Waals surface area contributed by atoms with Gasteiger partial charge in [0.1, 0.15) is 0 Å². The average Bonchev–Trinajstić information content (AvgIpc) is 2.73. The minimum absolute atomic E-state index is 0. The normalized spacial score (nSPS) is 26.6. The molecule has 1 saturated carbocycles. The van der Waals surface area contributed by atoms with Gasteiger partial charge in [-0.1, -0.05) is 55.8 Å². The highest BCUT2D eigenvalue weighted by Gasteiger charge is 2.42. The van der Waals surface area contributed by atoms with Gasteiger partial charge >= 0.3 is 0 Å². The Bertz CT molecular complexity index is 778. The fourth-order valence-corrected chi connectivity index (χ4v) is 5.33. The number of benzene rings is 2. The van der Waals surface area contributed by atoms with Gasteiger partial charge in [0.05, 0.1) is 5.60 Å². The number of rotatable bonds is 5. The highest BCUT2D eigenvalue weighted by atomic mass is 35.5. The highest BCUT2D eigenvalue weighted by molar-refractivity contribution is 5.86. The van der Waals surface area contributed by atoms with Crippen molar-refractivity contribution in [2.24, 2.45) is 5.92 Å². The third kappa shape index (κ3) is 5.49. The van der Waals surface area contributed by atoms with Crippen molar-refractivity contribution in [1.29, 1.82) is 0 Å². The van der Waals surface area contributed by atoms with Crippen molar-refractivity contribution in [3.05, 3.63) is 48.0 Å². The second-order valence-electron chi connectivity index (χ2n) is 9.18. The zero-order chi connectivity index (χ0) is 19.6. The molecule has 1 saturated heterocycles. The zero-order valence-corrected chi connectivity index (χ0v) is 20.1. The molecule has 1 aliphatic heterocycles. The van der Waals surface area contributed by atoms with Crippen molar-refractivity contribution in [2.45, 2.75) is 50.5 Å². The van der Waals surface area contributed by atoms with E-state index in [1.165, 1.54) is 22.8 Å². The van der Waals surface area contributed by atoms with E-state index in [4.69, 9.17) is 0 Å². The monoisotopic (exact) mass is 452 g/mol. The molecule has 2 aromatic rings. The number of likely N-dealkylation sites (N-methyl/N-ethyl adjacent to an activating group) is 1. The van der Waals surface area contributed by atoms with Crippen LogP contribution in [-0.4, -0.2) is 60.3 Å². The van der Waals surface area contributed by atoms with Crippen molar-refractivity contribution in [2.75, 3.05) is 39.8 Å². The number of halogens is 2. The van der Waals surface area contributed by atoms with Gasteiger partial charge in [-0.3, -0.25) is 0 Å². The van der Waals surface area contributed by atoms with E-state index in [0.29, 0.717) is 0 Å². The molecule has 4 rings (SSSR count). The molecular weight excluding hydrogens is 415 g/mol. The summed E-state index contributed by atoms with van der Waals surface area (Å²) in [5.41, 5.74) is 0.758. The minimum atomic E-state index is -0.584. The maximum Gasteiger partial charge on any atom is 0.0728 e. The van der Waals surface area contributed by atoms with E-state index in [2.05, 4.69) is 66.2 Å². The standard InChI is InChI=1S/C25H36N2O.2ClH/c1-3-20-11-13-25(28,14-12-20)24(19-27-17-15-26(2)16-18-27)23-10-6-8-21-7-4-5-9-22(21)23;;/h4-10,20,24,28H,3,11-19H2,1-2H3;2*1H. The smallest absolute Gasteiger partial charge is 0.0728 e. The second kappa shape index (κ2) is 11.2. The molecule has 0 amide bonds. The van der Waals surface area contributed by atoms with Crippen LogP contribution in [0.2, 0.25) is 0 Å². The van der Waals surface area contributed by atoms with Crippen molar-refractivity contribution >= 4 is 35.6 Å². The molecule has 168 valence electrons. The molecule has 2 aliphatic rings. The number of hydrogen-bond donors (Lipinski definition) is 1. The van der Waals surface area contributed by atoms with Crippen molar-refractivity contribution in [1.82, 2.24) is 9.80 Å². The first-order chi connectivity index (χ1) is 13.6. The highest BCUT2D eigenvalue weighted by Crippen LogP contribution is 2.44. The summed E-state index contributed by atoms with van der Waals surface area (Å²) in [7, 11) is 2.21. The van der Waals surface area contributed by atoms with E-state index in [9.17, 15) is 5.11 Å². The lowest BCUT2D eigenvalue weighted by molar-refractivity contribution is -0.0439. The molecule has 1 aliphatic carbocycles. The number of hydrogen-bond acceptors (Lipinski definition) is 3. The first-order valence-electron chi connectivity index (χ1n) is 11.2. The van der Waals surface area contributed by atoms with Crippen LogP contribution in [0.3, 0.4) is 0 Å². The Morgan fingerprint density at radius 1 is 0.967 bits per heavy atom. The summed E-state index contributed by atoms with van der Waals surface area (Å²) in [6.07, 6.45) is 5.45. The summed E-state index contributed by atoms with van der Waals surface area (Å²) in [5, 5.41) is 14.5. The number of aliphatic hydroxyl groups is 1. The SMILES string of the molecule is CCC1CCC(O)(C(CN2CCN(C)CC2)c2cccc3ccccc23)CC1.Cl.Cl. The largest absolute Gasteiger partial charge is 0.389 e. The Balaban J connectivity index is 0.00000160. The van der Waals surface area contributed by atoms with Gasteiger partial charge in [0.25, 0.3) is 0 Å². The predicted molar refractivity (Wildman–Crippen MR) is 132 cm³/mol. The maximum atomic E-state index is 11.9. The van der Waals surface area contributed by atoms with E-state index in [1.807, 2.05) is 0 Å². The van der Waals surface area contributed by atoms with Gasteiger partial charge in [-0.05, 0) is 55.0 Å². The van der Waals surface area contributed by atoms with Gasteiger partial charge in [0.15, 0.2) is 0 Å². The Labute approximate surface area is 194 Å². The number of fused-ring (bicyclic) bond motifs is 1. The lowest BCUT2D eigenvalue weighted by atomic mass is 9.68. The Hall–Kier alpha value is -0.840. The molecule has 1 N–H and O–H groups in total. The molecule has 5 heteroatoms. The number of piperazine rings is 1. The fourth-order valence-electron chi connectivity index (χ4n) is 5.33. The van der Waals surface area contributed by atoms with Crippen LogP contribution in [0.5, 0.6) is 0 Å². The Morgan fingerprint density at radius 3 is 2.27 bits per heavy atom. The fraction of sp³-hybridized carbons (Fsp3) is 0.600. The summed E-state index contributed by atoms with van der Waals surface area (Å²) in [6.45, 7) is 7.71. The van der Waals surface area contributed by atoms with Gasteiger partial charge in [0, 0.05) is 38.6 Å². The Morgan fingerprint density at radius 2 is 1.60 bits per heavy atom. The summed E-state index contributed by atoms with van der Waals surface area (Å²) in [5.74, 6) is 0.969. The van der Waals surface area contributed by atoms with Crippen LogP contribution in [0.4, 0.5) is 0 Å². The first kappa shape index (κ1) is 25.4. The average molecular weight is 453 g/mol. The summed E-state index contributed by atoms with van der Waals surface area (Å²) < 4.78 is 0. The van der Waals surface area contributed by atoms with Gasteiger partial charge in [-0.2, -0.15) is 0 Å². The quantitative estimate of drug-likeness (QED) is 0.662. The molecule has 2 fully saturated rings. The molecule has 3 nitrogen and oxygen atoms in total. The van der Waals surface area contributed by atoms with Crippen molar-refractivity contribution in [3.63, 3.8) is 0 Å². The summed E-state index contributed by atoms with van der Waals surface area (Å²) in [4.78, 5) is 4.99. The molecular formula is C25H38Cl2N2O. The van der Waals surface area contributed by atoms with Crippen LogP contribution >= 0.6 is 24.8 Å². The molecule has 0 radical (unpaired) electrons. The van der Waals surface area contributed by atoms with Gasteiger partial charge in [0.2, 0.25) is 0 Å². The van der Waals surface area contributed by atoms with Crippen LogP contribution in [0.1, 0.15) is 50.5 Å². The third-order valence-corrected chi connectivity index (χ3v) is 7.43. The molecule has 1 heterocycles. The third-order valence-electron chi connectivity index (χ3n) is 7.43. The zero-order valence-electron chi connectivity index (χ0n) is 18.4. The molecule has 2 aromatic carbocycles. The van der Waals surface area contributed by atoms with Crippen LogP contribution in [0, 0.1) is 5.92 Å².